The molecule has 0 aliphatic heterocycles. The van der Waals surface area contributed by atoms with E-state index in [1.807, 2.05) is 12.1 Å². The van der Waals surface area contributed by atoms with E-state index in [4.69, 9.17) is 14.5 Å². The van der Waals surface area contributed by atoms with Gasteiger partial charge in [0.15, 0.2) is 17.5 Å². The van der Waals surface area contributed by atoms with E-state index >= 15 is 0 Å². The molecular formula is C21H37IN4O2. The Morgan fingerprint density at radius 2 is 1.82 bits per heavy atom. The number of nitrogens with one attached hydrogen (secondary N) is 2. The van der Waals surface area contributed by atoms with E-state index in [1.165, 1.54) is 32.1 Å². The second-order valence-electron chi connectivity index (χ2n) is 7.29. The minimum Gasteiger partial charge on any atom is -0.493 e. The third kappa shape index (κ3) is 7.31. The van der Waals surface area contributed by atoms with Gasteiger partial charge in [0, 0.05) is 12.6 Å². The molecular weight excluding hydrogens is 467 g/mol. The zero-order valence-corrected chi connectivity index (χ0v) is 20.3. The maximum absolute atomic E-state index is 5.47. The number of nitrogens with zero attached hydrogens (tertiary/aromatic N) is 2. The Hall–Kier alpha value is -1.22. The molecule has 7 heteroatoms. The summed E-state index contributed by atoms with van der Waals surface area (Å²) in [6.45, 7) is 3.64. The molecule has 1 saturated carbocycles. The minimum absolute atomic E-state index is 0. The lowest BCUT2D eigenvalue weighted by Crippen LogP contribution is -2.44. The topological polar surface area (TPSA) is 58.1 Å². The highest BCUT2D eigenvalue weighted by atomic mass is 127. The standard InChI is InChI=1S/C21H36N4O2.HI/c1-6-22-21(24-17-10-8-7-9-11-17)23-15-18(25(2)3)16-12-13-19(26-4)20(14-16)27-5;/h12-14,17-18H,6-11,15H2,1-5H3,(H2,22,23,24);1H. The molecule has 2 N–H and O–H groups in total. The molecule has 0 amide bonds. The maximum atomic E-state index is 5.47. The summed E-state index contributed by atoms with van der Waals surface area (Å²) in [5, 5.41) is 7.01. The van der Waals surface area contributed by atoms with Crippen LogP contribution in [0.3, 0.4) is 0 Å². The van der Waals surface area contributed by atoms with E-state index in [0.717, 1.165) is 29.6 Å². The van der Waals surface area contributed by atoms with Crippen molar-refractivity contribution in [3.05, 3.63) is 23.8 Å². The van der Waals surface area contributed by atoms with Crippen LogP contribution in [-0.4, -0.2) is 58.3 Å². The number of hydrogen-bond acceptors (Lipinski definition) is 4. The number of ether oxygens (including phenoxy) is 2. The summed E-state index contributed by atoms with van der Waals surface area (Å²) in [5.41, 5.74) is 1.16. The molecule has 28 heavy (non-hydrogen) atoms. The Balaban J connectivity index is 0.00000392. The van der Waals surface area contributed by atoms with Crippen molar-refractivity contribution in [2.75, 3.05) is 41.4 Å². The first-order valence-corrected chi connectivity index (χ1v) is 10.0. The van der Waals surface area contributed by atoms with E-state index in [1.54, 1.807) is 14.2 Å². The monoisotopic (exact) mass is 504 g/mol. The van der Waals surface area contributed by atoms with Crippen LogP contribution < -0.4 is 20.1 Å². The van der Waals surface area contributed by atoms with Gasteiger partial charge in [0.1, 0.15) is 0 Å². The molecule has 0 spiro atoms. The number of benzene rings is 1. The second-order valence-corrected chi connectivity index (χ2v) is 7.29. The van der Waals surface area contributed by atoms with Crippen LogP contribution in [0.4, 0.5) is 0 Å². The third-order valence-corrected chi connectivity index (χ3v) is 5.13. The molecule has 1 unspecified atom stereocenters. The van der Waals surface area contributed by atoms with Gasteiger partial charge >= 0.3 is 0 Å². The average molecular weight is 504 g/mol. The van der Waals surface area contributed by atoms with Crippen LogP contribution in [-0.2, 0) is 0 Å². The van der Waals surface area contributed by atoms with Crippen molar-refractivity contribution < 1.29 is 9.47 Å². The van der Waals surface area contributed by atoms with Crippen molar-refractivity contribution in [3.63, 3.8) is 0 Å². The normalized spacial score (nSPS) is 16.3. The lowest BCUT2D eigenvalue weighted by molar-refractivity contribution is 0.303. The summed E-state index contributed by atoms with van der Waals surface area (Å²) < 4.78 is 10.8. The highest BCUT2D eigenvalue weighted by Gasteiger charge is 2.18. The molecule has 1 aliphatic rings. The predicted octanol–water partition coefficient (Wildman–Crippen LogP) is 3.81. The first-order chi connectivity index (χ1) is 13.1. The van der Waals surface area contributed by atoms with Gasteiger partial charge in [-0.1, -0.05) is 25.3 Å². The van der Waals surface area contributed by atoms with Crippen LogP contribution in [0, 0.1) is 0 Å². The quantitative estimate of drug-likeness (QED) is 0.321. The number of likely N-dealkylation sites (N-methyl/N-ethyl adjacent to an activating group) is 1. The molecule has 1 fully saturated rings. The Bertz CT molecular complexity index is 604. The molecule has 1 aromatic rings. The van der Waals surface area contributed by atoms with Crippen LogP contribution in [0.2, 0.25) is 0 Å². The first kappa shape index (κ1) is 24.8. The fraction of sp³-hybridized carbons (Fsp3) is 0.667. The molecule has 1 atom stereocenters. The van der Waals surface area contributed by atoms with E-state index in [9.17, 15) is 0 Å². The molecule has 1 aromatic carbocycles. The predicted molar refractivity (Wildman–Crippen MR) is 127 cm³/mol. The van der Waals surface area contributed by atoms with E-state index < -0.39 is 0 Å². The molecule has 0 radical (unpaired) electrons. The lowest BCUT2D eigenvalue weighted by Gasteiger charge is -2.27. The summed E-state index contributed by atoms with van der Waals surface area (Å²) in [5.74, 6) is 2.41. The van der Waals surface area contributed by atoms with Gasteiger partial charge in [0.05, 0.1) is 26.8 Å². The van der Waals surface area contributed by atoms with Crippen molar-refractivity contribution in [1.29, 1.82) is 0 Å². The fourth-order valence-corrected chi connectivity index (χ4v) is 3.56. The number of methoxy groups -OCH3 is 2. The molecule has 1 aliphatic carbocycles. The summed E-state index contributed by atoms with van der Waals surface area (Å²) >= 11 is 0. The van der Waals surface area contributed by atoms with E-state index in [-0.39, 0.29) is 30.0 Å². The number of hydrogen-bond donors (Lipinski definition) is 2. The molecule has 0 heterocycles. The van der Waals surface area contributed by atoms with Gasteiger partial charge in [-0.25, -0.2) is 0 Å². The molecule has 2 rings (SSSR count). The van der Waals surface area contributed by atoms with E-state index in [0.29, 0.717) is 12.6 Å². The SMILES string of the molecule is CCNC(=NCC(c1ccc(OC)c(OC)c1)N(C)C)NC1CCCCC1.I. The fourth-order valence-electron chi connectivity index (χ4n) is 3.56. The summed E-state index contributed by atoms with van der Waals surface area (Å²) in [4.78, 5) is 7.07. The van der Waals surface area contributed by atoms with E-state index in [2.05, 4.69) is 42.6 Å². The number of aliphatic imine (C=N–C) groups is 1. The van der Waals surface area contributed by atoms with Crippen LogP contribution in [0.25, 0.3) is 0 Å². The minimum atomic E-state index is 0. The van der Waals surface area contributed by atoms with Gasteiger partial charge < -0.3 is 25.0 Å². The van der Waals surface area contributed by atoms with Gasteiger partial charge in [0.25, 0.3) is 0 Å². The second kappa shape index (κ2) is 13.1. The molecule has 0 aromatic heterocycles. The van der Waals surface area contributed by atoms with Crippen molar-refractivity contribution in [3.8, 4) is 11.5 Å². The van der Waals surface area contributed by atoms with Crippen molar-refractivity contribution in [2.24, 2.45) is 4.99 Å². The van der Waals surface area contributed by atoms with Gasteiger partial charge in [-0.05, 0) is 51.6 Å². The Kier molecular flexibility index (Phi) is 11.6. The molecule has 0 saturated heterocycles. The van der Waals surface area contributed by atoms with Crippen LogP contribution >= 0.6 is 24.0 Å². The highest BCUT2D eigenvalue weighted by molar-refractivity contribution is 14.0. The zero-order chi connectivity index (χ0) is 19.6. The molecule has 0 bridgehead atoms. The van der Waals surface area contributed by atoms with Gasteiger partial charge in [-0.3, -0.25) is 4.99 Å². The number of rotatable bonds is 8. The summed E-state index contributed by atoms with van der Waals surface area (Å²) in [7, 11) is 7.49. The molecule has 6 nitrogen and oxygen atoms in total. The Morgan fingerprint density at radius 1 is 1.14 bits per heavy atom. The van der Waals surface area contributed by atoms with Gasteiger partial charge in [-0.2, -0.15) is 0 Å². The number of halogens is 1. The van der Waals surface area contributed by atoms with Crippen LogP contribution in [0.5, 0.6) is 11.5 Å². The lowest BCUT2D eigenvalue weighted by atomic mass is 9.96. The summed E-state index contributed by atoms with van der Waals surface area (Å²) in [6, 6.07) is 6.78. The highest BCUT2D eigenvalue weighted by Crippen LogP contribution is 2.31. The first-order valence-electron chi connectivity index (χ1n) is 10.0. The van der Waals surface area contributed by atoms with Crippen molar-refractivity contribution >= 4 is 29.9 Å². The van der Waals surface area contributed by atoms with Crippen LogP contribution in [0.1, 0.15) is 50.6 Å². The van der Waals surface area contributed by atoms with Gasteiger partial charge in [-0.15, -0.1) is 24.0 Å². The van der Waals surface area contributed by atoms with Crippen LogP contribution in [0.15, 0.2) is 23.2 Å². The smallest absolute Gasteiger partial charge is 0.191 e. The molecule has 160 valence electrons. The third-order valence-electron chi connectivity index (χ3n) is 5.13. The van der Waals surface area contributed by atoms with Crippen molar-refractivity contribution in [2.45, 2.75) is 51.1 Å². The number of guanidine groups is 1. The maximum Gasteiger partial charge on any atom is 0.191 e. The van der Waals surface area contributed by atoms with Gasteiger partial charge in [0.2, 0.25) is 0 Å². The average Bonchev–Trinajstić information content (AvgIpc) is 2.68. The van der Waals surface area contributed by atoms with Crippen molar-refractivity contribution in [1.82, 2.24) is 15.5 Å². The summed E-state index contributed by atoms with van der Waals surface area (Å²) in [6.07, 6.45) is 6.44. The largest absolute Gasteiger partial charge is 0.493 e. The zero-order valence-electron chi connectivity index (χ0n) is 18.0. The Morgan fingerprint density at radius 3 is 2.39 bits per heavy atom. The Labute approximate surface area is 187 Å².